The number of nitrogens with one attached hydrogen (secondary N) is 1. The van der Waals surface area contributed by atoms with Crippen LogP contribution in [0, 0.1) is 0 Å². The second kappa shape index (κ2) is 4.67. The van der Waals surface area contributed by atoms with Gasteiger partial charge >= 0.3 is 0 Å². The minimum atomic E-state index is 0.393. The van der Waals surface area contributed by atoms with Gasteiger partial charge in [0.05, 0.1) is 16.8 Å². The fourth-order valence-electron chi connectivity index (χ4n) is 2.32. The van der Waals surface area contributed by atoms with Crippen molar-refractivity contribution in [2.45, 2.75) is 25.3 Å². The Morgan fingerprint density at radius 1 is 1.41 bits per heavy atom. The SMILES string of the molecule is Clc1cnccc1NC1CCCc2sccc21. The number of nitrogens with zero attached hydrogens (tertiary/aromatic N) is 1. The first-order valence-electron chi connectivity index (χ1n) is 5.77. The predicted molar refractivity (Wildman–Crippen MR) is 72.9 cm³/mol. The monoisotopic (exact) mass is 264 g/mol. The van der Waals surface area contributed by atoms with Gasteiger partial charge in [-0.2, -0.15) is 0 Å². The van der Waals surface area contributed by atoms with Crippen molar-refractivity contribution in [2.75, 3.05) is 5.32 Å². The average Bonchev–Trinajstić information content (AvgIpc) is 2.81. The summed E-state index contributed by atoms with van der Waals surface area (Å²) in [4.78, 5) is 5.52. The Kier molecular flexibility index (Phi) is 3.04. The average molecular weight is 265 g/mol. The molecule has 1 N–H and O–H groups in total. The van der Waals surface area contributed by atoms with Crippen molar-refractivity contribution in [2.24, 2.45) is 0 Å². The van der Waals surface area contributed by atoms with Gasteiger partial charge in [-0.15, -0.1) is 11.3 Å². The lowest BCUT2D eigenvalue weighted by Crippen LogP contribution is -2.15. The minimum absolute atomic E-state index is 0.393. The van der Waals surface area contributed by atoms with Crippen LogP contribution in [-0.2, 0) is 6.42 Å². The number of rotatable bonds is 2. The van der Waals surface area contributed by atoms with Crippen LogP contribution in [0.3, 0.4) is 0 Å². The van der Waals surface area contributed by atoms with Crippen LogP contribution in [-0.4, -0.2) is 4.98 Å². The van der Waals surface area contributed by atoms with E-state index in [-0.39, 0.29) is 0 Å². The van der Waals surface area contributed by atoms with Crippen molar-refractivity contribution in [3.05, 3.63) is 45.4 Å². The van der Waals surface area contributed by atoms with Gasteiger partial charge in [-0.3, -0.25) is 4.98 Å². The highest BCUT2D eigenvalue weighted by Crippen LogP contribution is 2.36. The van der Waals surface area contributed by atoms with Crippen LogP contribution in [0.2, 0.25) is 5.02 Å². The summed E-state index contributed by atoms with van der Waals surface area (Å²) < 4.78 is 0. The van der Waals surface area contributed by atoms with Crippen molar-refractivity contribution in [1.82, 2.24) is 4.98 Å². The van der Waals surface area contributed by atoms with E-state index in [1.54, 1.807) is 12.4 Å². The first-order valence-corrected chi connectivity index (χ1v) is 7.02. The Bertz CT molecular complexity index is 524. The molecule has 3 rings (SSSR count). The highest BCUT2D eigenvalue weighted by molar-refractivity contribution is 7.10. The van der Waals surface area contributed by atoms with Crippen LogP contribution in [0.1, 0.15) is 29.3 Å². The standard InChI is InChI=1S/C13H13ClN2S/c14-10-8-15-6-4-12(10)16-11-2-1-3-13-9(11)5-7-17-13/h4-8,11H,1-3H2,(H,15,16). The van der Waals surface area contributed by atoms with E-state index in [9.17, 15) is 0 Å². The molecule has 0 aliphatic heterocycles. The number of fused-ring (bicyclic) bond motifs is 1. The van der Waals surface area contributed by atoms with E-state index in [4.69, 9.17) is 11.6 Å². The molecule has 1 aliphatic carbocycles. The fraction of sp³-hybridized carbons (Fsp3) is 0.308. The molecule has 1 aliphatic rings. The number of hydrogen-bond donors (Lipinski definition) is 1. The number of anilines is 1. The summed E-state index contributed by atoms with van der Waals surface area (Å²) in [6.45, 7) is 0. The second-order valence-corrected chi connectivity index (χ2v) is 5.65. The largest absolute Gasteiger partial charge is 0.377 e. The maximum absolute atomic E-state index is 6.12. The molecule has 0 saturated carbocycles. The molecule has 2 aromatic heterocycles. The van der Waals surface area contributed by atoms with Gasteiger partial charge in [-0.05, 0) is 42.3 Å². The quantitative estimate of drug-likeness (QED) is 0.875. The fourth-order valence-corrected chi connectivity index (χ4v) is 3.48. The number of thiophene rings is 1. The Morgan fingerprint density at radius 2 is 2.35 bits per heavy atom. The van der Waals surface area contributed by atoms with Crippen molar-refractivity contribution in [1.29, 1.82) is 0 Å². The second-order valence-electron chi connectivity index (χ2n) is 4.24. The Labute approximate surface area is 110 Å². The summed E-state index contributed by atoms with van der Waals surface area (Å²) in [6, 6.07) is 4.56. The highest BCUT2D eigenvalue weighted by atomic mass is 35.5. The normalized spacial score (nSPS) is 18.8. The van der Waals surface area contributed by atoms with Crippen molar-refractivity contribution >= 4 is 28.6 Å². The highest BCUT2D eigenvalue weighted by Gasteiger charge is 2.21. The molecule has 2 aromatic rings. The lowest BCUT2D eigenvalue weighted by Gasteiger charge is -2.25. The molecule has 0 saturated heterocycles. The maximum atomic E-state index is 6.12. The van der Waals surface area contributed by atoms with E-state index in [2.05, 4.69) is 21.7 Å². The molecule has 0 radical (unpaired) electrons. The number of pyridine rings is 1. The molecule has 88 valence electrons. The zero-order valence-corrected chi connectivity index (χ0v) is 10.9. The lowest BCUT2D eigenvalue weighted by molar-refractivity contribution is 0.609. The van der Waals surface area contributed by atoms with Gasteiger partial charge in [-0.25, -0.2) is 0 Å². The molecule has 1 atom stereocenters. The van der Waals surface area contributed by atoms with E-state index in [1.165, 1.54) is 29.7 Å². The smallest absolute Gasteiger partial charge is 0.0820 e. The molecule has 0 bridgehead atoms. The van der Waals surface area contributed by atoms with Gasteiger partial charge in [0, 0.05) is 17.3 Å². The lowest BCUT2D eigenvalue weighted by atomic mass is 9.94. The number of hydrogen-bond acceptors (Lipinski definition) is 3. The Morgan fingerprint density at radius 3 is 3.24 bits per heavy atom. The number of aryl methyl sites for hydroxylation is 1. The summed E-state index contributed by atoms with van der Waals surface area (Å²) in [5, 5.41) is 6.40. The third-order valence-electron chi connectivity index (χ3n) is 3.15. The molecular formula is C13H13ClN2S. The van der Waals surface area contributed by atoms with Gasteiger partial charge in [0.2, 0.25) is 0 Å². The third kappa shape index (κ3) is 2.17. The van der Waals surface area contributed by atoms with Crippen LogP contribution in [0.25, 0.3) is 0 Å². The third-order valence-corrected chi connectivity index (χ3v) is 4.45. The Hall–Kier alpha value is -1.06. The summed E-state index contributed by atoms with van der Waals surface area (Å²) in [5.74, 6) is 0. The molecule has 2 nitrogen and oxygen atoms in total. The van der Waals surface area contributed by atoms with Crippen molar-refractivity contribution in [3.63, 3.8) is 0 Å². The molecular weight excluding hydrogens is 252 g/mol. The molecule has 4 heteroatoms. The van der Waals surface area contributed by atoms with Crippen LogP contribution in [0.15, 0.2) is 29.9 Å². The van der Waals surface area contributed by atoms with Crippen LogP contribution in [0.4, 0.5) is 5.69 Å². The Balaban J connectivity index is 1.86. The van der Waals surface area contributed by atoms with Crippen molar-refractivity contribution < 1.29 is 0 Å². The van der Waals surface area contributed by atoms with E-state index in [0.29, 0.717) is 11.1 Å². The number of aromatic nitrogens is 1. The van der Waals surface area contributed by atoms with Gasteiger partial charge in [0.15, 0.2) is 0 Å². The maximum Gasteiger partial charge on any atom is 0.0820 e. The minimum Gasteiger partial charge on any atom is -0.377 e. The van der Waals surface area contributed by atoms with Gasteiger partial charge in [-0.1, -0.05) is 11.6 Å². The zero-order valence-electron chi connectivity index (χ0n) is 9.32. The van der Waals surface area contributed by atoms with E-state index in [1.807, 2.05) is 17.4 Å². The van der Waals surface area contributed by atoms with Gasteiger partial charge in [0.25, 0.3) is 0 Å². The van der Waals surface area contributed by atoms with Gasteiger partial charge in [0.1, 0.15) is 0 Å². The summed E-state index contributed by atoms with van der Waals surface area (Å²) >= 11 is 7.98. The zero-order chi connectivity index (χ0) is 11.7. The summed E-state index contributed by atoms with van der Waals surface area (Å²) in [5.41, 5.74) is 2.42. The molecule has 17 heavy (non-hydrogen) atoms. The molecule has 0 spiro atoms. The molecule has 0 amide bonds. The van der Waals surface area contributed by atoms with Gasteiger partial charge < -0.3 is 5.32 Å². The topological polar surface area (TPSA) is 24.9 Å². The predicted octanol–water partition coefficient (Wildman–Crippen LogP) is 4.29. The molecule has 2 heterocycles. The van der Waals surface area contributed by atoms with Crippen LogP contribution in [0.5, 0.6) is 0 Å². The molecule has 0 fully saturated rings. The number of halogens is 1. The first-order chi connectivity index (χ1) is 8.34. The molecule has 0 aromatic carbocycles. The van der Waals surface area contributed by atoms with E-state index in [0.717, 1.165) is 5.69 Å². The van der Waals surface area contributed by atoms with E-state index < -0.39 is 0 Å². The van der Waals surface area contributed by atoms with Crippen LogP contribution < -0.4 is 5.32 Å². The molecule has 1 unspecified atom stereocenters. The summed E-state index contributed by atoms with van der Waals surface area (Å²) in [6.07, 6.45) is 7.08. The van der Waals surface area contributed by atoms with Crippen molar-refractivity contribution in [3.8, 4) is 0 Å². The first kappa shape index (κ1) is 11.1. The summed E-state index contributed by atoms with van der Waals surface area (Å²) in [7, 11) is 0. The van der Waals surface area contributed by atoms with E-state index >= 15 is 0 Å². The van der Waals surface area contributed by atoms with Crippen LogP contribution >= 0.6 is 22.9 Å².